The van der Waals surface area contributed by atoms with Crippen molar-refractivity contribution < 1.29 is 0 Å². The van der Waals surface area contributed by atoms with Crippen LogP contribution in [0.5, 0.6) is 0 Å². The fourth-order valence-electron chi connectivity index (χ4n) is 2.54. The number of hydrogen-bond acceptors (Lipinski definition) is 2. The van der Waals surface area contributed by atoms with Gasteiger partial charge in [-0.25, -0.2) is 4.98 Å². The van der Waals surface area contributed by atoms with E-state index in [0.29, 0.717) is 5.92 Å². The van der Waals surface area contributed by atoms with E-state index >= 15 is 0 Å². The van der Waals surface area contributed by atoms with E-state index in [1.807, 2.05) is 6.07 Å². The second-order valence-corrected chi connectivity index (χ2v) is 6.84. The van der Waals surface area contributed by atoms with Gasteiger partial charge in [0.2, 0.25) is 0 Å². The number of benzene rings is 1. The Morgan fingerprint density at radius 3 is 2.33 bits per heavy atom. The normalized spacial score (nSPS) is 13.4. The number of nitrogen functional groups attached to an aromatic ring is 1. The molecule has 2 N–H and O–H groups in total. The monoisotopic (exact) mass is 285 g/mol. The molecule has 0 radical (unpaired) electrons. The lowest BCUT2D eigenvalue weighted by Gasteiger charge is -2.20. The molecule has 0 saturated carbocycles. The summed E-state index contributed by atoms with van der Waals surface area (Å²) >= 11 is 0. The van der Waals surface area contributed by atoms with Crippen molar-refractivity contribution in [2.45, 2.75) is 58.9 Å². The summed E-state index contributed by atoms with van der Waals surface area (Å²) in [5.74, 6) is 2.28. The zero-order valence-electron chi connectivity index (χ0n) is 13.9. The van der Waals surface area contributed by atoms with Crippen LogP contribution < -0.4 is 5.73 Å². The number of nitrogens with zero attached hydrogens (tertiary/aromatic N) is 2. The summed E-state index contributed by atoms with van der Waals surface area (Å²) in [6.07, 6.45) is 1.05. The first kappa shape index (κ1) is 15.6. The van der Waals surface area contributed by atoms with Crippen molar-refractivity contribution in [1.82, 2.24) is 9.55 Å². The molecule has 1 atom stereocenters. The third-order valence-electron chi connectivity index (χ3n) is 3.97. The van der Waals surface area contributed by atoms with Gasteiger partial charge >= 0.3 is 0 Å². The average Bonchev–Trinajstić information content (AvgIpc) is 2.77. The summed E-state index contributed by atoms with van der Waals surface area (Å²) in [5, 5.41) is 0. The van der Waals surface area contributed by atoms with Gasteiger partial charge in [-0.3, -0.25) is 0 Å². The Morgan fingerprint density at radius 2 is 1.81 bits per heavy atom. The van der Waals surface area contributed by atoms with Crippen LogP contribution in [0, 0.1) is 0 Å². The predicted octanol–water partition coefficient (Wildman–Crippen LogP) is 4.32. The maximum atomic E-state index is 6.43. The van der Waals surface area contributed by atoms with Crippen molar-refractivity contribution >= 4 is 5.82 Å². The minimum absolute atomic E-state index is 0.0192. The van der Waals surface area contributed by atoms with Crippen molar-refractivity contribution in [1.29, 1.82) is 0 Å². The van der Waals surface area contributed by atoms with Gasteiger partial charge in [0.1, 0.15) is 11.6 Å². The van der Waals surface area contributed by atoms with Crippen LogP contribution in [0.3, 0.4) is 0 Å². The molecule has 1 unspecified atom stereocenters. The molecule has 2 aromatic rings. The van der Waals surface area contributed by atoms with Gasteiger partial charge in [0, 0.05) is 11.3 Å². The van der Waals surface area contributed by atoms with Crippen LogP contribution in [0.1, 0.15) is 64.0 Å². The molecule has 0 saturated heterocycles. The Labute approximate surface area is 128 Å². The van der Waals surface area contributed by atoms with E-state index in [-0.39, 0.29) is 5.41 Å². The van der Waals surface area contributed by atoms with Crippen molar-refractivity contribution in [2.24, 2.45) is 0 Å². The Morgan fingerprint density at radius 1 is 1.19 bits per heavy atom. The molecular weight excluding hydrogens is 258 g/mol. The highest BCUT2D eigenvalue weighted by atomic mass is 15.2. The molecule has 1 aromatic carbocycles. The number of nitrogens with two attached hydrogens (primary N) is 1. The Kier molecular flexibility index (Phi) is 4.40. The van der Waals surface area contributed by atoms with Gasteiger partial charge in [0.15, 0.2) is 0 Å². The second kappa shape index (κ2) is 5.92. The minimum Gasteiger partial charge on any atom is -0.384 e. The maximum Gasteiger partial charge on any atom is 0.127 e. The van der Waals surface area contributed by atoms with Gasteiger partial charge in [-0.2, -0.15) is 0 Å². The lowest BCUT2D eigenvalue weighted by molar-refractivity contribution is 0.512. The molecule has 0 aliphatic heterocycles. The van der Waals surface area contributed by atoms with E-state index in [0.717, 1.165) is 30.3 Å². The lowest BCUT2D eigenvalue weighted by Crippen LogP contribution is -2.20. The standard InChI is InChI=1S/C18H27N3/c1-6-13(2)15-16(19)21(17(20-15)18(3,4)5)12-14-10-8-7-9-11-14/h7-11,13H,6,12,19H2,1-5H3. The van der Waals surface area contributed by atoms with Crippen molar-refractivity contribution in [3.05, 3.63) is 47.4 Å². The van der Waals surface area contributed by atoms with Gasteiger partial charge in [0.05, 0.1) is 12.2 Å². The zero-order chi connectivity index (χ0) is 15.6. The molecule has 0 bridgehead atoms. The average molecular weight is 285 g/mol. The van der Waals surface area contributed by atoms with Gasteiger partial charge in [0.25, 0.3) is 0 Å². The lowest BCUT2D eigenvalue weighted by atomic mass is 9.95. The largest absolute Gasteiger partial charge is 0.384 e. The highest BCUT2D eigenvalue weighted by molar-refractivity contribution is 5.42. The Hall–Kier alpha value is -1.77. The molecule has 2 rings (SSSR count). The molecule has 0 spiro atoms. The van der Waals surface area contributed by atoms with Gasteiger partial charge in [-0.1, -0.05) is 65.0 Å². The third kappa shape index (κ3) is 3.29. The highest BCUT2D eigenvalue weighted by Gasteiger charge is 2.26. The Bertz CT molecular complexity index is 591. The molecular formula is C18H27N3. The maximum absolute atomic E-state index is 6.43. The van der Waals surface area contributed by atoms with Crippen LogP contribution in [0.25, 0.3) is 0 Å². The summed E-state index contributed by atoms with van der Waals surface area (Å²) in [5.41, 5.74) is 8.70. The number of hydrogen-bond donors (Lipinski definition) is 1. The summed E-state index contributed by atoms with van der Waals surface area (Å²) in [6.45, 7) is 11.7. The number of aromatic nitrogens is 2. The predicted molar refractivity (Wildman–Crippen MR) is 89.6 cm³/mol. The zero-order valence-corrected chi connectivity index (χ0v) is 13.9. The molecule has 0 aliphatic rings. The van der Waals surface area contributed by atoms with Crippen LogP contribution in [-0.4, -0.2) is 9.55 Å². The highest BCUT2D eigenvalue weighted by Crippen LogP contribution is 2.31. The SMILES string of the molecule is CCC(C)c1nc(C(C)(C)C)n(Cc2ccccc2)c1N. The van der Waals surface area contributed by atoms with Gasteiger partial charge in [-0.15, -0.1) is 0 Å². The molecule has 0 aliphatic carbocycles. The summed E-state index contributed by atoms with van der Waals surface area (Å²) in [7, 11) is 0. The fourth-order valence-corrected chi connectivity index (χ4v) is 2.54. The van der Waals surface area contributed by atoms with E-state index in [9.17, 15) is 0 Å². The first-order valence-electron chi connectivity index (χ1n) is 7.74. The molecule has 1 aromatic heterocycles. The number of anilines is 1. The minimum atomic E-state index is -0.0192. The van der Waals surface area contributed by atoms with E-state index in [1.54, 1.807) is 0 Å². The third-order valence-corrected chi connectivity index (χ3v) is 3.97. The van der Waals surface area contributed by atoms with Crippen LogP contribution in [0.2, 0.25) is 0 Å². The van der Waals surface area contributed by atoms with Gasteiger partial charge in [-0.05, 0) is 12.0 Å². The summed E-state index contributed by atoms with van der Waals surface area (Å²) < 4.78 is 2.18. The quantitative estimate of drug-likeness (QED) is 0.909. The molecule has 1 heterocycles. The van der Waals surface area contributed by atoms with Crippen LogP contribution >= 0.6 is 0 Å². The van der Waals surface area contributed by atoms with Crippen LogP contribution in [0.15, 0.2) is 30.3 Å². The van der Waals surface area contributed by atoms with Crippen molar-refractivity contribution in [3.8, 4) is 0 Å². The van der Waals surface area contributed by atoms with Crippen LogP contribution in [0.4, 0.5) is 5.82 Å². The first-order chi connectivity index (χ1) is 9.84. The molecule has 21 heavy (non-hydrogen) atoms. The van der Waals surface area contributed by atoms with Crippen LogP contribution in [-0.2, 0) is 12.0 Å². The van der Waals surface area contributed by atoms with E-state index < -0.39 is 0 Å². The fraction of sp³-hybridized carbons (Fsp3) is 0.500. The van der Waals surface area contributed by atoms with Crippen molar-refractivity contribution in [2.75, 3.05) is 5.73 Å². The molecule has 0 fully saturated rings. The van der Waals surface area contributed by atoms with E-state index in [4.69, 9.17) is 10.7 Å². The molecule has 114 valence electrons. The molecule has 3 heteroatoms. The topological polar surface area (TPSA) is 43.8 Å². The summed E-state index contributed by atoms with van der Waals surface area (Å²) in [6, 6.07) is 10.4. The van der Waals surface area contributed by atoms with Crippen molar-refractivity contribution in [3.63, 3.8) is 0 Å². The van der Waals surface area contributed by atoms with E-state index in [2.05, 4.69) is 63.5 Å². The second-order valence-electron chi connectivity index (χ2n) is 6.84. The van der Waals surface area contributed by atoms with Gasteiger partial charge < -0.3 is 10.3 Å². The smallest absolute Gasteiger partial charge is 0.127 e. The number of imidazole rings is 1. The Balaban J connectivity index is 2.49. The number of rotatable bonds is 4. The van der Waals surface area contributed by atoms with E-state index in [1.165, 1.54) is 5.56 Å². The molecule has 3 nitrogen and oxygen atoms in total. The molecule has 0 amide bonds. The summed E-state index contributed by atoms with van der Waals surface area (Å²) in [4.78, 5) is 4.89. The first-order valence-corrected chi connectivity index (χ1v) is 7.74.